The van der Waals surface area contributed by atoms with Gasteiger partial charge in [-0.05, 0) is 43.5 Å². The normalized spacial score (nSPS) is 22.8. The third-order valence-corrected chi connectivity index (χ3v) is 9.02. The number of rotatable bonds is 6. The molecule has 3 atom stereocenters. The van der Waals surface area contributed by atoms with Gasteiger partial charge in [-0.1, -0.05) is 29.3 Å². The maximum atomic E-state index is 13.7. The van der Waals surface area contributed by atoms with E-state index in [2.05, 4.69) is 11.1 Å². The van der Waals surface area contributed by atoms with Gasteiger partial charge in [0.15, 0.2) is 0 Å². The van der Waals surface area contributed by atoms with Crippen LogP contribution in [0.5, 0.6) is 5.88 Å². The number of hydrogen-bond acceptors (Lipinski definition) is 6. The van der Waals surface area contributed by atoms with Gasteiger partial charge in [0.2, 0.25) is 17.7 Å². The van der Waals surface area contributed by atoms with E-state index in [0.717, 1.165) is 5.56 Å². The van der Waals surface area contributed by atoms with E-state index < -0.39 is 0 Å². The van der Waals surface area contributed by atoms with Crippen LogP contribution in [-0.2, 0) is 14.4 Å². The van der Waals surface area contributed by atoms with Crippen LogP contribution in [0.4, 0.5) is 0 Å². The number of hydrogen-bond donors (Lipinski definition) is 0. The summed E-state index contributed by atoms with van der Waals surface area (Å²) in [4.78, 5) is 45.6. The number of carbonyl (C=O) groups excluding carboxylic acids is 3. The maximum absolute atomic E-state index is 13.7. The number of piperidine rings is 1. The van der Waals surface area contributed by atoms with Crippen LogP contribution >= 0.6 is 23.2 Å². The van der Waals surface area contributed by atoms with E-state index in [0.29, 0.717) is 73.4 Å². The minimum Gasteiger partial charge on any atom is -0.474 e. The van der Waals surface area contributed by atoms with Gasteiger partial charge in [0.05, 0.1) is 21.5 Å². The van der Waals surface area contributed by atoms with Gasteiger partial charge in [-0.2, -0.15) is 5.26 Å². The fourth-order valence-electron chi connectivity index (χ4n) is 5.90. The van der Waals surface area contributed by atoms with Crippen molar-refractivity contribution in [2.24, 2.45) is 17.8 Å². The number of nitriles is 1. The molecule has 10 heteroatoms. The van der Waals surface area contributed by atoms with E-state index >= 15 is 0 Å². The molecule has 1 aliphatic carbocycles. The molecule has 0 bridgehead atoms. The Balaban J connectivity index is 1.27. The number of amides is 2. The highest BCUT2D eigenvalue weighted by Gasteiger charge is 2.43. The van der Waals surface area contributed by atoms with Crippen molar-refractivity contribution < 1.29 is 19.1 Å². The molecule has 2 aliphatic heterocycles. The van der Waals surface area contributed by atoms with E-state index in [1.807, 2.05) is 28.9 Å². The number of nitrogens with zero attached hydrogens (tertiary/aromatic N) is 4. The number of ketones is 1. The minimum absolute atomic E-state index is 0.0186. The standard InChI is InChI=1S/C29H30Cl2N4O4/c1-17(39-27-5-2-18(13-32)14-33-27)23-15-35(16-24(23)20-3-4-25(30)26(31)12-20)28(37)19-6-8-34(9-7-19)29(38)21-10-22(36)11-21/h2-5,12,14,17,19,21,23-24H,6-11,15-16H2,1H3/t17-,23?,24+/m0/s1. The molecule has 0 spiro atoms. The highest BCUT2D eigenvalue weighted by molar-refractivity contribution is 6.42. The number of benzene rings is 1. The van der Waals surface area contributed by atoms with Crippen molar-refractivity contribution in [2.45, 2.75) is 44.6 Å². The van der Waals surface area contributed by atoms with E-state index in [9.17, 15) is 14.4 Å². The molecule has 3 fully saturated rings. The van der Waals surface area contributed by atoms with Crippen LogP contribution in [0.2, 0.25) is 10.0 Å². The topological polar surface area (TPSA) is 104 Å². The van der Waals surface area contributed by atoms with Crippen molar-refractivity contribution in [3.63, 3.8) is 0 Å². The van der Waals surface area contributed by atoms with E-state index in [1.54, 1.807) is 18.2 Å². The van der Waals surface area contributed by atoms with Gasteiger partial charge < -0.3 is 14.5 Å². The van der Waals surface area contributed by atoms with Crippen molar-refractivity contribution in [1.82, 2.24) is 14.8 Å². The fourth-order valence-corrected chi connectivity index (χ4v) is 6.21. The monoisotopic (exact) mass is 568 g/mol. The Labute approximate surface area is 237 Å². The SMILES string of the molecule is C[C@H](Oc1ccc(C#N)cn1)C1CN(C(=O)C2CCN(C(=O)C3CC(=O)C3)CC2)C[C@@H]1c1ccc(Cl)c(Cl)c1. The molecule has 204 valence electrons. The van der Waals surface area contributed by atoms with Crippen LogP contribution < -0.4 is 4.74 Å². The van der Waals surface area contributed by atoms with Crippen molar-refractivity contribution in [1.29, 1.82) is 5.26 Å². The molecular weight excluding hydrogens is 539 g/mol. The van der Waals surface area contributed by atoms with Gasteiger partial charge in [0.1, 0.15) is 18.0 Å². The van der Waals surface area contributed by atoms with Gasteiger partial charge in [-0.3, -0.25) is 14.4 Å². The number of aromatic nitrogens is 1. The Morgan fingerprint density at radius 2 is 1.74 bits per heavy atom. The molecule has 2 saturated heterocycles. The molecule has 0 N–H and O–H groups in total. The second kappa shape index (κ2) is 11.5. The summed E-state index contributed by atoms with van der Waals surface area (Å²) in [5, 5.41) is 9.98. The number of ether oxygens (including phenoxy) is 1. The summed E-state index contributed by atoms with van der Waals surface area (Å²) in [6, 6.07) is 11.0. The third-order valence-electron chi connectivity index (χ3n) is 8.28. The Morgan fingerprint density at radius 1 is 1.03 bits per heavy atom. The first-order chi connectivity index (χ1) is 18.7. The molecule has 1 aromatic carbocycles. The van der Waals surface area contributed by atoms with Crippen molar-refractivity contribution in [2.75, 3.05) is 26.2 Å². The van der Waals surface area contributed by atoms with E-state index in [4.69, 9.17) is 33.2 Å². The predicted octanol–water partition coefficient (Wildman–Crippen LogP) is 4.49. The van der Waals surface area contributed by atoms with E-state index in [-0.39, 0.29) is 47.4 Å². The molecule has 1 saturated carbocycles. The zero-order chi connectivity index (χ0) is 27.7. The lowest BCUT2D eigenvalue weighted by Gasteiger charge is -2.36. The van der Waals surface area contributed by atoms with Gasteiger partial charge in [0.25, 0.3) is 0 Å². The number of halogens is 2. The summed E-state index contributed by atoms with van der Waals surface area (Å²) in [5.74, 6) is 0.332. The van der Waals surface area contributed by atoms with Crippen molar-refractivity contribution in [3.05, 3.63) is 57.7 Å². The van der Waals surface area contributed by atoms with Gasteiger partial charge in [-0.25, -0.2) is 4.98 Å². The van der Waals surface area contributed by atoms with Crippen LogP contribution in [0.15, 0.2) is 36.5 Å². The Hall–Kier alpha value is -3.15. The van der Waals surface area contributed by atoms with Gasteiger partial charge >= 0.3 is 0 Å². The number of pyridine rings is 1. The number of Topliss-reactive ketones (excluding diaryl/α,β-unsaturated/α-hetero) is 1. The average Bonchev–Trinajstić information content (AvgIpc) is 3.38. The lowest BCUT2D eigenvalue weighted by molar-refractivity contribution is -0.147. The third kappa shape index (κ3) is 5.90. The quantitative estimate of drug-likeness (QED) is 0.508. The second-order valence-corrected chi connectivity index (χ2v) is 11.6. The first-order valence-electron chi connectivity index (χ1n) is 13.3. The Morgan fingerprint density at radius 3 is 2.36 bits per heavy atom. The van der Waals surface area contributed by atoms with Gasteiger partial charge in [-0.15, -0.1) is 0 Å². The Bertz CT molecular complexity index is 1300. The van der Waals surface area contributed by atoms with Crippen molar-refractivity contribution >= 4 is 40.8 Å². The van der Waals surface area contributed by atoms with Crippen LogP contribution in [0.25, 0.3) is 0 Å². The highest BCUT2D eigenvalue weighted by Crippen LogP contribution is 2.39. The van der Waals surface area contributed by atoms with Crippen LogP contribution in [0.1, 0.15) is 49.7 Å². The highest BCUT2D eigenvalue weighted by atomic mass is 35.5. The molecule has 1 unspecified atom stereocenters. The zero-order valence-corrected chi connectivity index (χ0v) is 23.2. The van der Waals surface area contributed by atoms with Crippen LogP contribution in [-0.4, -0.2) is 64.7 Å². The molecule has 0 radical (unpaired) electrons. The predicted molar refractivity (Wildman–Crippen MR) is 145 cm³/mol. The first kappa shape index (κ1) is 27.4. The smallest absolute Gasteiger partial charge is 0.226 e. The van der Waals surface area contributed by atoms with Crippen LogP contribution in [0, 0.1) is 29.1 Å². The lowest BCUT2D eigenvalue weighted by atomic mass is 9.82. The molecule has 5 rings (SSSR count). The summed E-state index contributed by atoms with van der Waals surface area (Å²) in [6.07, 6.45) is 3.13. The zero-order valence-electron chi connectivity index (χ0n) is 21.7. The summed E-state index contributed by atoms with van der Waals surface area (Å²) < 4.78 is 6.18. The fraction of sp³-hybridized carbons (Fsp3) is 0.483. The number of likely N-dealkylation sites (tertiary alicyclic amines) is 2. The average molecular weight is 569 g/mol. The molecular formula is C29H30Cl2N4O4. The van der Waals surface area contributed by atoms with Crippen LogP contribution in [0.3, 0.4) is 0 Å². The van der Waals surface area contributed by atoms with Crippen molar-refractivity contribution in [3.8, 4) is 11.9 Å². The van der Waals surface area contributed by atoms with E-state index in [1.165, 1.54) is 6.20 Å². The second-order valence-electron chi connectivity index (χ2n) is 10.8. The maximum Gasteiger partial charge on any atom is 0.226 e. The molecule has 8 nitrogen and oxygen atoms in total. The van der Waals surface area contributed by atoms with Gasteiger partial charge in [0, 0.05) is 69.0 Å². The molecule has 3 aliphatic rings. The lowest BCUT2D eigenvalue weighted by Crippen LogP contribution is -2.48. The summed E-state index contributed by atoms with van der Waals surface area (Å²) in [5.41, 5.74) is 1.44. The molecule has 39 heavy (non-hydrogen) atoms. The summed E-state index contributed by atoms with van der Waals surface area (Å²) in [7, 11) is 0. The molecule has 2 aromatic rings. The Kier molecular flexibility index (Phi) is 8.11. The molecule has 2 amide bonds. The summed E-state index contributed by atoms with van der Waals surface area (Å²) >= 11 is 12.5. The largest absolute Gasteiger partial charge is 0.474 e. The number of carbonyl (C=O) groups is 3. The first-order valence-corrected chi connectivity index (χ1v) is 14.1. The molecule has 1 aromatic heterocycles. The molecule has 3 heterocycles. The minimum atomic E-state index is -0.271. The summed E-state index contributed by atoms with van der Waals surface area (Å²) in [6.45, 7) is 4.09.